The van der Waals surface area contributed by atoms with Gasteiger partial charge >= 0.3 is 0 Å². The first-order valence-electron chi connectivity index (χ1n) is 11.3. The highest BCUT2D eigenvalue weighted by atomic mass is 19.1. The first kappa shape index (κ1) is 21.4. The fourth-order valence-electron chi connectivity index (χ4n) is 4.83. The molecule has 1 aliphatic carbocycles. The normalized spacial score (nSPS) is 18.3. The lowest BCUT2D eigenvalue weighted by molar-refractivity contribution is 0.0962. The van der Waals surface area contributed by atoms with E-state index in [1.54, 1.807) is 19.2 Å². The Balaban J connectivity index is 1.33. The van der Waals surface area contributed by atoms with E-state index in [1.165, 1.54) is 17.8 Å². The summed E-state index contributed by atoms with van der Waals surface area (Å²) in [4.78, 5) is 27.0. The van der Waals surface area contributed by atoms with Gasteiger partial charge in [-0.1, -0.05) is 12.1 Å². The van der Waals surface area contributed by atoms with E-state index in [1.807, 2.05) is 19.1 Å². The van der Waals surface area contributed by atoms with Gasteiger partial charge in [-0.3, -0.25) is 4.79 Å². The van der Waals surface area contributed by atoms with Gasteiger partial charge in [0.25, 0.3) is 0 Å². The van der Waals surface area contributed by atoms with Crippen LogP contribution < -0.4 is 14.5 Å². The lowest BCUT2D eigenvalue weighted by atomic mass is 9.81. The Hall–Kier alpha value is -3.48. The monoisotopic (exact) mass is 446 g/mol. The molecule has 5 rings (SSSR count). The summed E-state index contributed by atoms with van der Waals surface area (Å²) in [5.74, 6) is 1.35. The first-order chi connectivity index (χ1) is 16.0. The minimum absolute atomic E-state index is 0.0136. The van der Waals surface area contributed by atoms with Crippen LogP contribution in [0.15, 0.2) is 48.5 Å². The zero-order valence-corrected chi connectivity index (χ0v) is 18.9. The van der Waals surface area contributed by atoms with Crippen molar-refractivity contribution in [3.8, 4) is 5.75 Å². The number of ketones is 1. The smallest absolute Gasteiger partial charge is 0.225 e. The fourth-order valence-corrected chi connectivity index (χ4v) is 4.83. The number of hydrogen-bond acceptors (Lipinski definition) is 6. The summed E-state index contributed by atoms with van der Waals surface area (Å²) in [5.41, 5.74) is 4.36. The van der Waals surface area contributed by atoms with Gasteiger partial charge in [0.15, 0.2) is 5.78 Å². The second kappa shape index (κ2) is 8.81. The molecule has 170 valence electrons. The predicted molar refractivity (Wildman–Crippen MR) is 126 cm³/mol. The molecular weight excluding hydrogens is 419 g/mol. The molecule has 2 aliphatic rings. The fraction of sp³-hybridized carbons (Fsp3) is 0.346. The molecule has 0 spiro atoms. The number of anilines is 2. The van der Waals surface area contributed by atoms with Crippen LogP contribution in [0.1, 0.15) is 39.6 Å². The van der Waals surface area contributed by atoms with E-state index in [-0.39, 0.29) is 17.5 Å². The highest BCUT2D eigenvalue weighted by Crippen LogP contribution is 2.34. The second-order valence-electron chi connectivity index (χ2n) is 8.68. The summed E-state index contributed by atoms with van der Waals surface area (Å²) in [5, 5.41) is 0. The molecule has 0 radical (unpaired) electrons. The number of carbonyl (C=O) groups excluding carboxylic acids is 1. The van der Waals surface area contributed by atoms with Crippen LogP contribution in [0.5, 0.6) is 5.75 Å². The number of fused-ring (bicyclic) bond motifs is 1. The molecule has 1 fully saturated rings. The van der Waals surface area contributed by atoms with Gasteiger partial charge in [-0.2, -0.15) is 0 Å². The number of benzene rings is 2. The van der Waals surface area contributed by atoms with E-state index < -0.39 is 0 Å². The molecule has 1 saturated heterocycles. The highest BCUT2D eigenvalue weighted by molar-refractivity contribution is 5.99. The van der Waals surface area contributed by atoms with E-state index in [0.29, 0.717) is 24.4 Å². The molecule has 1 aromatic heterocycles. The lowest BCUT2D eigenvalue weighted by Crippen LogP contribution is -2.47. The van der Waals surface area contributed by atoms with Gasteiger partial charge in [0.2, 0.25) is 5.95 Å². The maximum Gasteiger partial charge on any atom is 0.225 e. The first-order valence-corrected chi connectivity index (χ1v) is 11.3. The molecule has 0 saturated carbocycles. The minimum atomic E-state index is -0.268. The Morgan fingerprint density at radius 3 is 2.24 bits per heavy atom. The Labute approximate surface area is 193 Å². The number of nitrogens with zero attached hydrogens (tertiary/aromatic N) is 4. The van der Waals surface area contributed by atoms with E-state index in [0.717, 1.165) is 48.9 Å². The predicted octanol–water partition coefficient (Wildman–Crippen LogP) is 4.17. The number of methoxy groups -OCH3 is 1. The molecule has 0 amide bonds. The molecule has 2 heterocycles. The Morgan fingerprint density at radius 1 is 0.909 bits per heavy atom. The summed E-state index contributed by atoms with van der Waals surface area (Å²) >= 11 is 0. The van der Waals surface area contributed by atoms with Crippen LogP contribution in [0.4, 0.5) is 16.0 Å². The molecule has 33 heavy (non-hydrogen) atoms. The van der Waals surface area contributed by atoms with Gasteiger partial charge in [-0.05, 0) is 61.2 Å². The third-order valence-corrected chi connectivity index (χ3v) is 6.64. The van der Waals surface area contributed by atoms with E-state index in [4.69, 9.17) is 14.7 Å². The number of halogens is 1. The van der Waals surface area contributed by atoms with Crippen molar-refractivity contribution in [1.82, 2.24) is 9.97 Å². The number of ether oxygens (including phenoxy) is 1. The number of aromatic nitrogens is 2. The van der Waals surface area contributed by atoms with Crippen LogP contribution in [-0.2, 0) is 6.42 Å². The number of Topliss-reactive ketones (excluding diaryl/α,β-unsaturated/α-hetero) is 1. The molecule has 1 atom stereocenters. The van der Waals surface area contributed by atoms with Crippen LogP contribution >= 0.6 is 0 Å². The number of carbonyl (C=O) groups is 1. The highest BCUT2D eigenvalue weighted by Gasteiger charge is 2.31. The van der Waals surface area contributed by atoms with Gasteiger partial charge in [0.1, 0.15) is 11.6 Å². The van der Waals surface area contributed by atoms with E-state index in [9.17, 15) is 9.18 Å². The summed E-state index contributed by atoms with van der Waals surface area (Å²) in [6, 6.07) is 14.6. The van der Waals surface area contributed by atoms with Gasteiger partial charge < -0.3 is 14.5 Å². The molecule has 0 unspecified atom stereocenters. The summed E-state index contributed by atoms with van der Waals surface area (Å²) in [6.07, 6.45) is 1.07. The van der Waals surface area contributed by atoms with Crippen LogP contribution in [0.3, 0.4) is 0 Å². The lowest BCUT2D eigenvalue weighted by Gasteiger charge is -2.36. The van der Waals surface area contributed by atoms with Crippen LogP contribution in [0.2, 0.25) is 0 Å². The zero-order valence-electron chi connectivity index (χ0n) is 18.9. The van der Waals surface area contributed by atoms with Crippen LogP contribution in [0, 0.1) is 12.7 Å². The molecule has 7 heteroatoms. The maximum atomic E-state index is 13.3. The van der Waals surface area contributed by atoms with Crippen LogP contribution in [0.25, 0.3) is 0 Å². The number of piperazine rings is 1. The summed E-state index contributed by atoms with van der Waals surface area (Å²) < 4.78 is 18.6. The van der Waals surface area contributed by atoms with E-state index in [2.05, 4.69) is 21.9 Å². The zero-order chi connectivity index (χ0) is 22.9. The maximum absolute atomic E-state index is 13.3. The number of hydrogen-bond donors (Lipinski definition) is 0. The third-order valence-electron chi connectivity index (χ3n) is 6.64. The van der Waals surface area contributed by atoms with Crippen molar-refractivity contribution < 1.29 is 13.9 Å². The van der Waals surface area contributed by atoms with Gasteiger partial charge in [0, 0.05) is 38.3 Å². The quantitative estimate of drug-likeness (QED) is 0.600. The molecular formula is C26H27FN4O2. The molecule has 2 aromatic carbocycles. The van der Waals surface area contributed by atoms with Crippen molar-refractivity contribution >= 4 is 17.4 Å². The molecule has 0 bridgehead atoms. The Morgan fingerprint density at radius 2 is 1.58 bits per heavy atom. The van der Waals surface area contributed by atoms with Crippen molar-refractivity contribution in [3.63, 3.8) is 0 Å². The molecule has 1 aliphatic heterocycles. The van der Waals surface area contributed by atoms with Crippen molar-refractivity contribution in [2.45, 2.75) is 25.7 Å². The summed E-state index contributed by atoms with van der Waals surface area (Å²) in [7, 11) is 1.67. The molecule has 6 nitrogen and oxygen atoms in total. The van der Waals surface area contributed by atoms with Crippen LogP contribution in [-0.4, -0.2) is 49.0 Å². The Bertz CT molecular complexity index is 1160. The number of aryl methyl sites for hydroxylation is 1. The number of rotatable bonds is 4. The SMILES string of the molecule is COc1ccc(N2CCN(c3nc(C)c4c(n3)C[C@H](c3ccc(F)cc3)CC4=O)CC2)cc1. The van der Waals surface area contributed by atoms with E-state index >= 15 is 0 Å². The topological polar surface area (TPSA) is 58.6 Å². The van der Waals surface area contributed by atoms with Crippen molar-refractivity contribution in [2.24, 2.45) is 0 Å². The Kier molecular flexibility index (Phi) is 5.70. The molecule has 0 N–H and O–H groups in total. The second-order valence-corrected chi connectivity index (χ2v) is 8.68. The van der Waals surface area contributed by atoms with Gasteiger partial charge in [-0.25, -0.2) is 14.4 Å². The van der Waals surface area contributed by atoms with Crippen molar-refractivity contribution in [1.29, 1.82) is 0 Å². The average molecular weight is 447 g/mol. The largest absolute Gasteiger partial charge is 0.497 e. The van der Waals surface area contributed by atoms with Gasteiger partial charge in [0.05, 0.1) is 24.1 Å². The van der Waals surface area contributed by atoms with Gasteiger partial charge in [-0.15, -0.1) is 0 Å². The average Bonchev–Trinajstić information content (AvgIpc) is 2.84. The third kappa shape index (κ3) is 4.27. The standard InChI is InChI=1S/C26H27FN4O2/c1-17-25-23(15-19(16-24(25)32)18-3-5-20(27)6-4-18)29-26(28-17)31-13-11-30(12-14-31)21-7-9-22(33-2)10-8-21/h3-10,19H,11-16H2,1-2H3/t19-/m0/s1. The summed E-state index contributed by atoms with van der Waals surface area (Å²) in [6.45, 7) is 5.23. The molecule has 3 aromatic rings. The van der Waals surface area contributed by atoms with Crippen molar-refractivity contribution in [2.75, 3.05) is 43.1 Å². The van der Waals surface area contributed by atoms with Crippen molar-refractivity contribution in [3.05, 3.63) is 76.9 Å². The minimum Gasteiger partial charge on any atom is -0.497 e.